The number of hydrogen-bond donors (Lipinski definition) is 0. The second-order valence-electron chi connectivity index (χ2n) is 6.74. The number of aryl methyl sites for hydroxylation is 1. The van der Waals surface area contributed by atoms with Crippen LogP contribution in [0.5, 0.6) is 0 Å². The van der Waals surface area contributed by atoms with Crippen molar-refractivity contribution in [2.75, 3.05) is 18.0 Å². The van der Waals surface area contributed by atoms with E-state index in [-0.39, 0.29) is 21.8 Å². The molecule has 1 aliphatic rings. The first-order chi connectivity index (χ1) is 12.9. The number of fused-ring (bicyclic) bond motifs is 1. The van der Waals surface area contributed by atoms with Gasteiger partial charge < -0.3 is 4.90 Å². The maximum Gasteiger partial charge on any atom is 0.435 e. The molecule has 4 rings (SSSR count). The number of anilines is 1. The van der Waals surface area contributed by atoms with Crippen molar-refractivity contribution in [1.29, 1.82) is 0 Å². The van der Waals surface area contributed by atoms with Gasteiger partial charge in [-0.1, -0.05) is 29.8 Å². The van der Waals surface area contributed by atoms with Gasteiger partial charge in [-0.05, 0) is 32.3 Å². The number of halogens is 4. The summed E-state index contributed by atoms with van der Waals surface area (Å²) < 4.78 is 42.8. The number of nitrogens with zero attached hydrogens (tertiary/aromatic N) is 4. The van der Waals surface area contributed by atoms with Gasteiger partial charge in [0, 0.05) is 35.4 Å². The molecule has 0 unspecified atom stereocenters. The maximum atomic E-state index is 13.8. The van der Waals surface area contributed by atoms with Crippen LogP contribution in [0.25, 0.3) is 16.8 Å². The van der Waals surface area contributed by atoms with Gasteiger partial charge in [0.1, 0.15) is 5.82 Å². The average molecular weight is 395 g/mol. The van der Waals surface area contributed by atoms with Gasteiger partial charge in [0.05, 0.1) is 5.56 Å². The Hall–Kier alpha value is -2.28. The molecular weight excluding hydrogens is 377 g/mol. The lowest BCUT2D eigenvalue weighted by Crippen LogP contribution is -2.31. The summed E-state index contributed by atoms with van der Waals surface area (Å²) in [5.41, 5.74) is 0.0622. The van der Waals surface area contributed by atoms with E-state index in [9.17, 15) is 13.2 Å². The highest BCUT2D eigenvalue weighted by Crippen LogP contribution is 2.41. The SMILES string of the molecule is Cc1cc(N2CCCCC2)n2nc(C(F)(F)F)c(-c3ccccc3Cl)c2n1. The van der Waals surface area contributed by atoms with Crippen LogP contribution in [0.4, 0.5) is 19.0 Å². The van der Waals surface area contributed by atoms with Crippen LogP contribution in [0.15, 0.2) is 30.3 Å². The molecule has 0 amide bonds. The third-order valence-electron chi connectivity index (χ3n) is 4.79. The lowest BCUT2D eigenvalue weighted by Gasteiger charge is -2.29. The molecule has 142 valence electrons. The molecule has 1 fully saturated rings. The van der Waals surface area contributed by atoms with Gasteiger partial charge in [0.25, 0.3) is 0 Å². The summed E-state index contributed by atoms with van der Waals surface area (Å²) in [5.74, 6) is 0.640. The molecule has 0 spiro atoms. The van der Waals surface area contributed by atoms with Crippen LogP contribution in [0.1, 0.15) is 30.7 Å². The van der Waals surface area contributed by atoms with E-state index in [1.165, 1.54) is 4.52 Å². The molecule has 1 aliphatic heterocycles. The van der Waals surface area contributed by atoms with E-state index in [0.29, 0.717) is 11.5 Å². The molecule has 1 aromatic carbocycles. The summed E-state index contributed by atoms with van der Waals surface area (Å²) in [7, 11) is 0. The molecule has 0 atom stereocenters. The van der Waals surface area contributed by atoms with Crippen LogP contribution in [0, 0.1) is 6.92 Å². The molecule has 0 bridgehead atoms. The van der Waals surface area contributed by atoms with Crippen LogP contribution in [0.3, 0.4) is 0 Å². The topological polar surface area (TPSA) is 33.4 Å². The van der Waals surface area contributed by atoms with E-state index in [1.807, 2.05) is 0 Å². The first-order valence-electron chi connectivity index (χ1n) is 8.83. The van der Waals surface area contributed by atoms with Gasteiger partial charge in [-0.25, -0.2) is 4.98 Å². The van der Waals surface area contributed by atoms with E-state index in [0.717, 1.165) is 32.4 Å². The Morgan fingerprint density at radius 2 is 1.78 bits per heavy atom. The lowest BCUT2D eigenvalue weighted by atomic mass is 10.1. The molecule has 0 radical (unpaired) electrons. The van der Waals surface area contributed by atoms with E-state index in [2.05, 4.69) is 15.0 Å². The van der Waals surface area contributed by atoms with Crippen molar-refractivity contribution in [2.45, 2.75) is 32.4 Å². The third-order valence-corrected chi connectivity index (χ3v) is 5.12. The number of piperidine rings is 1. The van der Waals surface area contributed by atoms with Crippen molar-refractivity contribution in [1.82, 2.24) is 14.6 Å². The summed E-state index contributed by atoms with van der Waals surface area (Å²) in [6.07, 6.45) is -1.47. The van der Waals surface area contributed by atoms with Crippen molar-refractivity contribution in [3.05, 3.63) is 46.7 Å². The lowest BCUT2D eigenvalue weighted by molar-refractivity contribution is -0.140. The molecular formula is C19H18ClF3N4. The van der Waals surface area contributed by atoms with E-state index >= 15 is 0 Å². The second-order valence-corrected chi connectivity index (χ2v) is 7.15. The molecule has 0 N–H and O–H groups in total. The van der Waals surface area contributed by atoms with Crippen LogP contribution in [-0.4, -0.2) is 27.7 Å². The Morgan fingerprint density at radius 1 is 1.07 bits per heavy atom. The van der Waals surface area contributed by atoms with Gasteiger partial charge in [-0.2, -0.15) is 22.8 Å². The molecule has 3 heterocycles. The Bertz CT molecular complexity index is 991. The van der Waals surface area contributed by atoms with Gasteiger partial charge in [0.2, 0.25) is 0 Å². The quantitative estimate of drug-likeness (QED) is 0.586. The van der Waals surface area contributed by atoms with Crippen molar-refractivity contribution in [3.8, 4) is 11.1 Å². The standard InChI is InChI=1S/C19H18ClF3N4/c1-12-11-15(26-9-5-2-6-10-26)27-18(24-12)16(17(25-27)19(21,22)23)13-7-3-4-8-14(13)20/h3-4,7-8,11H,2,5-6,9-10H2,1H3. The van der Waals surface area contributed by atoms with Gasteiger partial charge in [-0.15, -0.1) is 0 Å². The second kappa shape index (κ2) is 6.71. The highest BCUT2D eigenvalue weighted by Gasteiger charge is 2.40. The summed E-state index contributed by atoms with van der Waals surface area (Å²) in [6, 6.07) is 8.28. The van der Waals surface area contributed by atoms with Crippen LogP contribution in [-0.2, 0) is 6.18 Å². The van der Waals surface area contributed by atoms with Crippen LogP contribution < -0.4 is 4.90 Å². The minimum Gasteiger partial charge on any atom is -0.356 e. The highest BCUT2D eigenvalue weighted by molar-refractivity contribution is 6.33. The van der Waals surface area contributed by atoms with Gasteiger partial charge in [0.15, 0.2) is 11.3 Å². The predicted octanol–water partition coefficient (Wildman–Crippen LogP) is 5.37. The normalized spacial score (nSPS) is 15.5. The van der Waals surface area contributed by atoms with Gasteiger partial charge in [-0.3, -0.25) is 0 Å². The van der Waals surface area contributed by atoms with Gasteiger partial charge >= 0.3 is 6.18 Å². The van der Waals surface area contributed by atoms with E-state index < -0.39 is 11.9 Å². The fraction of sp³-hybridized carbons (Fsp3) is 0.368. The number of hydrogen-bond acceptors (Lipinski definition) is 3. The number of benzene rings is 1. The highest BCUT2D eigenvalue weighted by atomic mass is 35.5. The minimum absolute atomic E-state index is 0.0740. The van der Waals surface area contributed by atoms with Crippen LogP contribution >= 0.6 is 11.6 Å². The number of rotatable bonds is 2. The molecule has 8 heteroatoms. The number of aromatic nitrogens is 3. The monoisotopic (exact) mass is 394 g/mol. The Balaban J connectivity index is 2.04. The Kier molecular flexibility index (Phi) is 4.50. The third kappa shape index (κ3) is 3.25. The molecule has 2 aromatic heterocycles. The maximum absolute atomic E-state index is 13.8. The molecule has 0 aliphatic carbocycles. The van der Waals surface area contributed by atoms with E-state index in [1.54, 1.807) is 37.3 Å². The van der Waals surface area contributed by atoms with Crippen molar-refractivity contribution in [2.24, 2.45) is 0 Å². The molecule has 27 heavy (non-hydrogen) atoms. The Morgan fingerprint density at radius 3 is 2.44 bits per heavy atom. The van der Waals surface area contributed by atoms with Crippen LogP contribution in [0.2, 0.25) is 5.02 Å². The number of alkyl halides is 3. The van der Waals surface area contributed by atoms with E-state index in [4.69, 9.17) is 11.6 Å². The molecule has 4 nitrogen and oxygen atoms in total. The molecule has 0 saturated carbocycles. The molecule has 3 aromatic rings. The zero-order chi connectivity index (χ0) is 19.2. The fourth-order valence-electron chi connectivity index (χ4n) is 3.58. The molecule has 1 saturated heterocycles. The van der Waals surface area contributed by atoms with Crippen molar-refractivity contribution in [3.63, 3.8) is 0 Å². The smallest absolute Gasteiger partial charge is 0.356 e. The average Bonchev–Trinajstić information content (AvgIpc) is 3.02. The largest absolute Gasteiger partial charge is 0.435 e. The summed E-state index contributed by atoms with van der Waals surface area (Å²) in [6.45, 7) is 3.37. The fourth-order valence-corrected chi connectivity index (χ4v) is 3.81. The zero-order valence-electron chi connectivity index (χ0n) is 14.7. The first kappa shape index (κ1) is 18.1. The summed E-state index contributed by atoms with van der Waals surface area (Å²) in [4.78, 5) is 6.48. The van der Waals surface area contributed by atoms with Crippen molar-refractivity contribution >= 4 is 23.1 Å². The summed E-state index contributed by atoms with van der Waals surface area (Å²) >= 11 is 6.22. The minimum atomic E-state index is -4.62. The predicted molar refractivity (Wildman–Crippen MR) is 99.2 cm³/mol. The van der Waals surface area contributed by atoms with Crippen molar-refractivity contribution < 1.29 is 13.2 Å². The first-order valence-corrected chi connectivity index (χ1v) is 9.21. The Labute approximate surface area is 159 Å². The zero-order valence-corrected chi connectivity index (χ0v) is 15.5. The summed E-state index contributed by atoms with van der Waals surface area (Å²) in [5, 5.41) is 4.18.